The summed E-state index contributed by atoms with van der Waals surface area (Å²) in [4.78, 5) is 38.4. The molecule has 0 N–H and O–H groups in total. The molecule has 0 spiro atoms. The van der Waals surface area contributed by atoms with E-state index in [1.807, 2.05) is 0 Å². The summed E-state index contributed by atoms with van der Waals surface area (Å²) in [5, 5.41) is 0. The Morgan fingerprint density at radius 3 is 0.778 bits per heavy atom. The molecule has 0 aliphatic heterocycles. The van der Waals surface area contributed by atoms with Crippen molar-refractivity contribution in [1.29, 1.82) is 0 Å². The third-order valence-corrected chi connectivity index (χ3v) is 14.4. The van der Waals surface area contributed by atoms with Gasteiger partial charge in [-0.2, -0.15) is 0 Å². The highest BCUT2D eigenvalue weighted by Gasteiger charge is 2.19. The molecule has 0 aromatic heterocycles. The van der Waals surface area contributed by atoms with Crippen molar-refractivity contribution in [1.82, 2.24) is 0 Å². The fraction of sp³-hybridized carbons (Fsp3) is 0.693. The van der Waals surface area contributed by atoms with E-state index in [-0.39, 0.29) is 31.1 Å². The van der Waals surface area contributed by atoms with Crippen molar-refractivity contribution in [3.05, 3.63) is 122 Å². The van der Waals surface area contributed by atoms with Crippen molar-refractivity contribution in [2.24, 2.45) is 0 Å². The number of allylic oxidation sites excluding steroid dienone is 20. The van der Waals surface area contributed by atoms with Crippen molar-refractivity contribution >= 4 is 17.9 Å². The highest BCUT2D eigenvalue weighted by molar-refractivity contribution is 5.71. The zero-order valence-electron chi connectivity index (χ0n) is 53.0. The summed E-state index contributed by atoms with van der Waals surface area (Å²) in [5.41, 5.74) is 0. The summed E-state index contributed by atoms with van der Waals surface area (Å²) in [6.45, 7) is 6.51. The third kappa shape index (κ3) is 66.5. The number of hydrogen-bond donors (Lipinski definition) is 0. The Labute approximate surface area is 501 Å². The summed E-state index contributed by atoms with van der Waals surface area (Å²) < 4.78 is 16.9. The van der Waals surface area contributed by atoms with Crippen LogP contribution in [-0.2, 0) is 28.6 Å². The molecule has 0 aromatic carbocycles. The molecule has 0 aliphatic rings. The van der Waals surface area contributed by atoms with Gasteiger partial charge in [0.25, 0.3) is 0 Å². The standard InChI is InChI=1S/C75H126O6/c1-4-7-10-13-16-19-22-25-27-29-31-32-33-34-35-36-37-38-39-40-41-42-44-45-47-50-53-56-59-62-65-68-74(77)80-71-72(70-79-73(76)67-64-61-58-55-52-49-24-21-18-15-12-9-6-3)81-75(78)69-66-63-60-57-54-51-48-46-43-30-28-26-23-20-17-14-11-8-5-2/h7,10,16,19,21,24-28,31-32,34-35,37-38,40-41,44-45,72H,4-6,8-9,11-15,17-18,20,22-23,29-30,33,36,39,42-43,46-71H2,1-3H3/b10-7-,19-16-,24-21-,27-25-,28-26-,32-31-,35-34-,38-37-,41-40-,45-44-. The van der Waals surface area contributed by atoms with Gasteiger partial charge in [-0.25, -0.2) is 0 Å². The third-order valence-electron chi connectivity index (χ3n) is 14.4. The molecule has 462 valence electrons. The van der Waals surface area contributed by atoms with Crippen molar-refractivity contribution in [2.75, 3.05) is 13.2 Å². The number of unbranched alkanes of at least 4 members (excludes halogenated alkanes) is 30. The fourth-order valence-corrected chi connectivity index (χ4v) is 9.33. The predicted octanol–water partition coefficient (Wildman–Crippen LogP) is 23.6. The van der Waals surface area contributed by atoms with Gasteiger partial charge >= 0.3 is 17.9 Å². The van der Waals surface area contributed by atoms with Crippen LogP contribution in [-0.4, -0.2) is 37.2 Å². The first-order valence-corrected chi connectivity index (χ1v) is 34.0. The van der Waals surface area contributed by atoms with Gasteiger partial charge in [-0.15, -0.1) is 0 Å². The van der Waals surface area contributed by atoms with Gasteiger partial charge in [0.1, 0.15) is 13.2 Å². The zero-order chi connectivity index (χ0) is 58.5. The lowest BCUT2D eigenvalue weighted by Gasteiger charge is -2.18. The molecule has 0 rings (SSSR count). The number of carbonyl (C=O) groups excluding carboxylic acids is 3. The molecule has 6 heteroatoms. The zero-order valence-corrected chi connectivity index (χ0v) is 53.0. The Hall–Kier alpha value is -4.19. The molecular weight excluding hydrogens is 997 g/mol. The second-order valence-electron chi connectivity index (χ2n) is 22.3. The van der Waals surface area contributed by atoms with E-state index in [1.165, 1.54) is 148 Å². The van der Waals surface area contributed by atoms with Crippen LogP contribution in [0.2, 0.25) is 0 Å². The Morgan fingerprint density at radius 1 is 0.259 bits per heavy atom. The first kappa shape index (κ1) is 76.8. The van der Waals surface area contributed by atoms with Crippen molar-refractivity contribution < 1.29 is 28.6 Å². The van der Waals surface area contributed by atoms with E-state index in [9.17, 15) is 14.4 Å². The van der Waals surface area contributed by atoms with Crippen LogP contribution in [0.5, 0.6) is 0 Å². The maximum Gasteiger partial charge on any atom is 0.306 e. The van der Waals surface area contributed by atoms with Crippen LogP contribution < -0.4 is 0 Å². The molecule has 0 fully saturated rings. The maximum atomic E-state index is 12.9. The summed E-state index contributed by atoms with van der Waals surface area (Å²) in [6, 6.07) is 0. The second-order valence-corrected chi connectivity index (χ2v) is 22.3. The normalized spacial score (nSPS) is 12.9. The van der Waals surface area contributed by atoms with Gasteiger partial charge in [0.05, 0.1) is 0 Å². The Morgan fingerprint density at radius 2 is 0.481 bits per heavy atom. The lowest BCUT2D eigenvalue weighted by atomic mass is 10.1. The largest absolute Gasteiger partial charge is 0.462 e. The summed E-state index contributed by atoms with van der Waals surface area (Å²) in [5.74, 6) is -0.905. The molecule has 0 aromatic rings. The SMILES string of the molecule is CC/C=C\C/C=C\C/C=C\C/C=C\C/C=C\C/C=C\C/C=C\C/C=C\CCCCCCCCC(=O)OCC(COC(=O)CCCCCCC/C=C\CCCCCC)OC(=O)CCCCCCCCCCC/C=C\CCCCCCCC. The number of ether oxygens (including phenoxy) is 3. The summed E-state index contributed by atoms with van der Waals surface area (Å²) in [7, 11) is 0. The molecule has 0 saturated heterocycles. The smallest absolute Gasteiger partial charge is 0.306 e. The van der Waals surface area contributed by atoms with E-state index in [1.54, 1.807) is 0 Å². The lowest BCUT2D eigenvalue weighted by molar-refractivity contribution is -0.167. The first-order valence-electron chi connectivity index (χ1n) is 34.0. The van der Waals surface area contributed by atoms with Gasteiger partial charge in [0.15, 0.2) is 6.10 Å². The number of hydrogen-bond acceptors (Lipinski definition) is 6. The Balaban J connectivity index is 4.34. The van der Waals surface area contributed by atoms with E-state index < -0.39 is 6.10 Å². The van der Waals surface area contributed by atoms with Gasteiger partial charge in [-0.3, -0.25) is 14.4 Å². The van der Waals surface area contributed by atoms with Crippen LogP contribution >= 0.6 is 0 Å². The number of carbonyl (C=O) groups is 3. The average Bonchev–Trinajstić information content (AvgIpc) is 3.46. The molecule has 0 saturated carbocycles. The summed E-state index contributed by atoms with van der Waals surface area (Å²) in [6.07, 6.45) is 94.9. The van der Waals surface area contributed by atoms with Crippen molar-refractivity contribution in [3.63, 3.8) is 0 Å². The van der Waals surface area contributed by atoms with Gasteiger partial charge in [0.2, 0.25) is 0 Å². The minimum atomic E-state index is -0.792. The average molecular weight is 1120 g/mol. The minimum Gasteiger partial charge on any atom is -0.462 e. The van der Waals surface area contributed by atoms with E-state index in [2.05, 4.69) is 142 Å². The molecule has 0 amide bonds. The van der Waals surface area contributed by atoms with Crippen LogP contribution in [0.25, 0.3) is 0 Å². The molecule has 0 heterocycles. The van der Waals surface area contributed by atoms with Gasteiger partial charge < -0.3 is 14.2 Å². The van der Waals surface area contributed by atoms with Crippen LogP contribution in [0.1, 0.15) is 316 Å². The molecule has 0 aliphatic carbocycles. The molecule has 0 radical (unpaired) electrons. The quantitative estimate of drug-likeness (QED) is 0.0261. The number of rotatable bonds is 61. The fourth-order valence-electron chi connectivity index (χ4n) is 9.33. The van der Waals surface area contributed by atoms with E-state index in [4.69, 9.17) is 14.2 Å². The molecule has 0 bridgehead atoms. The number of esters is 3. The molecule has 81 heavy (non-hydrogen) atoms. The van der Waals surface area contributed by atoms with E-state index >= 15 is 0 Å². The van der Waals surface area contributed by atoms with Crippen LogP contribution in [0.15, 0.2) is 122 Å². The summed E-state index contributed by atoms with van der Waals surface area (Å²) >= 11 is 0. The van der Waals surface area contributed by atoms with Crippen LogP contribution in [0.4, 0.5) is 0 Å². The van der Waals surface area contributed by atoms with Gasteiger partial charge in [-0.1, -0.05) is 284 Å². The monoisotopic (exact) mass is 1120 g/mol. The van der Waals surface area contributed by atoms with Crippen LogP contribution in [0.3, 0.4) is 0 Å². The maximum absolute atomic E-state index is 12.9. The topological polar surface area (TPSA) is 78.9 Å². The molecule has 1 atom stereocenters. The minimum absolute atomic E-state index is 0.0882. The van der Waals surface area contributed by atoms with Crippen LogP contribution in [0, 0.1) is 0 Å². The highest BCUT2D eigenvalue weighted by atomic mass is 16.6. The Bertz CT molecular complexity index is 1670. The molecule has 1 unspecified atom stereocenters. The predicted molar refractivity (Wildman–Crippen MR) is 353 cm³/mol. The first-order chi connectivity index (χ1) is 40.0. The molecular formula is C75H126O6. The van der Waals surface area contributed by atoms with Gasteiger partial charge in [-0.05, 0) is 135 Å². The lowest BCUT2D eigenvalue weighted by Crippen LogP contribution is -2.30. The molecule has 6 nitrogen and oxygen atoms in total. The highest BCUT2D eigenvalue weighted by Crippen LogP contribution is 2.16. The van der Waals surface area contributed by atoms with Gasteiger partial charge in [0, 0.05) is 19.3 Å². The van der Waals surface area contributed by atoms with Crippen molar-refractivity contribution in [2.45, 2.75) is 322 Å². The Kier molecular flexibility index (Phi) is 64.8. The van der Waals surface area contributed by atoms with Crippen molar-refractivity contribution in [3.8, 4) is 0 Å². The second kappa shape index (κ2) is 68.3. The van der Waals surface area contributed by atoms with E-state index in [0.717, 1.165) is 128 Å². The van der Waals surface area contributed by atoms with E-state index in [0.29, 0.717) is 19.3 Å².